The third kappa shape index (κ3) is 3.63. The highest BCUT2D eigenvalue weighted by Crippen LogP contribution is 2.30. The lowest BCUT2D eigenvalue weighted by Crippen LogP contribution is -2.14. The third-order valence-corrected chi connectivity index (χ3v) is 5.40. The summed E-state index contributed by atoms with van der Waals surface area (Å²) in [5, 5.41) is 5.53. The van der Waals surface area contributed by atoms with Gasteiger partial charge >= 0.3 is 0 Å². The molecule has 0 fully saturated rings. The van der Waals surface area contributed by atoms with Crippen LogP contribution in [0.5, 0.6) is 5.75 Å². The van der Waals surface area contributed by atoms with E-state index in [4.69, 9.17) is 4.74 Å². The van der Waals surface area contributed by atoms with E-state index < -0.39 is 0 Å². The van der Waals surface area contributed by atoms with Crippen molar-refractivity contribution >= 4 is 22.4 Å². The minimum atomic E-state index is -0.0758. The molecule has 0 radical (unpaired) electrons. The van der Waals surface area contributed by atoms with Crippen LogP contribution in [0.25, 0.3) is 11.3 Å². The first-order valence-corrected chi connectivity index (χ1v) is 9.60. The quantitative estimate of drug-likeness (QED) is 0.726. The number of anilines is 1. The molecule has 0 bridgehead atoms. The second-order valence-corrected chi connectivity index (χ2v) is 7.31. The summed E-state index contributed by atoms with van der Waals surface area (Å²) in [6.45, 7) is 0. The number of carbonyl (C=O) groups excluding carboxylic acids is 1. The second-order valence-electron chi connectivity index (χ2n) is 6.45. The molecule has 132 valence electrons. The Morgan fingerprint density at radius 3 is 2.96 bits per heavy atom. The summed E-state index contributed by atoms with van der Waals surface area (Å²) in [6, 6.07) is 14.1. The van der Waals surface area contributed by atoms with Crippen LogP contribution < -0.4 is 10.1 Å². The Labute approximate surface area is 156 Å². The van der Waals surface area contributed by atoms with E-state index in [1.165, 1.54) is 35.3 Å². The van der Waals surface area contributed by atoms with Crippen LogP contribution in [0.2, 0.25) is 0 Å². The first-order chi connectivity index (χ1) is 12.7. The van der Waals surface area contributed by atoms with Gasteiger partial charge in [-0.3, -0.25) is 4.79 Å². The number of nitrogens with zero attached hydrogens (tertiary/aromatic N) is 1. The Balaban J connectivity index is 1.44. The summed E-state index contributed by atoms with van der Waals surface area (Å²) in [7, 11) is 1.62. The van der Waals surface area contributed by atoms with Crippen molar-refractivity contribution in [2.45, 2.75) is 25.7 Å². The number of nitrogens with one attached hydrogen (secondary N) is 1. The van der Waals surface area contributed by atoms with E-state index in [1.54, 1.807) is 7.11 Å². The van der Waals surface area contributed by atoms with Crippen molar-refractivity contribution in [2.75, 3.05) is 12.4 Å². The highest BCUT2D eigenvalue weighted by atomic mass is 32.1. The van der Waals surface area contributed by atoms with Crippen LogP contribution in [0.1, 0.15) is 23.1 Å². The Hall–Kier alpha value is -2.66. The van der Waals surface area contributed by atoms with Crippen molar-refractivity contribution in [1.29, 1.82) is 0 Å². The summed E-state index contributed by atoms with van der Waals surface area (Å²) in [5.74, 6) is 0.677. The number of amides is 1. The maximum atomic E-state index is 12.3. The number of rotatable bonds is 5. The van der Waals surface area contributed by atoms with Gasteiger partial charge in [0.05, 0.1) is 19.2 Å². The molecule has 5 heteroatoms. The molecule has 0 spiro atoms. The van der Waals surface area contributed by atoms with Gasteiger partial charge in [-0.1, -0.05) is 24.3 Å². The van der Waals surface area contributed by atoms with Gasteiger partial charge in [0.1, 0.15) is 5.75 Å². The lowest BCUT2D eigenvalue weighted by Gasteiger charge is -2.05. The van der Waals surface area contributed by atoms with Crippen molar-refractivity contribution in [1.82, 2.24) is 4.98 Å². The zero-order valence-electron chi connectivity index (χ0n) is 14.6. The minimum absolute atomic E-state index is 0.0758. The number of carbonyl (C=O) groups is 1. The van der Waals surface area contributed by atoms with Gasteiger partial charge < -0.3 is 10.1 Å². The third-order valence-electron chi connectivity index (χ3n) is 4.64. The standard InChI is InChI=1S/C21H20N2O2S/c1-25-18-7-2-4-14(10-18)11-20(24)23-21-22-19(13-26-21)17-9-8-15-5-3-6-16(15)12-17/h2,4,7-10,12-13H,3,5-6,11H2,1H3,(H,22,23,24). The SMILES string of the molecule is COc1cccc(CC(=O)Nc2nc(-c3ccc4c(c3)CCC4)cs2)c1. The number of benzene rings is 2. The van der Waals surface area contributed by atoms with Crippen molar-refractivity contribution < 1.29 is 9.53 Å². The smallest absolute Gasteiger partial charge is 0.230 e. The minimum Gasteiger partial charge on any atom is -0.497 e. The number of fused-ring (bicyclic) bond motifs is 1. The fourth-order valence-corrected chi connectivity index (χ4v) is 4.06. The number of methoxy groups -OCH3 is 1. The zero-order chi connectivity index (χ0) is 17.9. The number of ether oxygens (including phenoxy) is 1. The molecule has 3 aromatic rings. The molecule has 1 aromatic heterocycles. The molecule has 1 N–H and O–H groups in total. The highest BCUT2D eigenvalue weighted by molar-refractivity contribution is 7.14. The normalized spacial score (nSPS) is 12.7. The van der Waals surface area contributed by atoms with E-state index >= 15 is 0 Å². The number of hydrogen-bond acceptors (Lipinski definition) is 4. The largest absolute Gasteiger partial charge is 0.497 e. The van der Waals surface area contributed by atoms with Crippen LogP contribution in [-0.4, -0.2) is 18.0 Å². The Morgan fingerprint density at radius 1 is 1.19 bits per heavy atom. The molecule has 0 unspecified atom stereocenters. The van der Waals surface area contributed by atoms with Crippen LogP contribution in [-0.2, 0) is 24.1 Å². The molecular formula is C21H20N2O2S. The van der Waals surface area contributed by atoms with Crippen LogP contribution in [0, 0.1) is 0 Å². The first kappa shape index (κ1) is 16.8. The van der Waals surface area contributed by atoms with Gasteiger partial charge in [-0.2, -0.15) is 0 Å². The molecule has 0 saturated heterocycles. The lowest BCUT2D eigenvalue weighted by atomic mass is 10.1. The summed E-state index contributed by atoms with van der Waals surface area (Å²) in [6.07, 6.45) is 3.86. The van der Waals surface area contributed by atoms with Gasteiger partial charge in [-0.25, -0.2) is 4.98 Å². The van der Waals surface area contributed by atoms with Gasteiger partial charge in [0.25, 0.3) is 0 Å². The molecule has 1 aliphatic rings. The van der Waals surface area contributed by atoms with Crippen LogP contribution >= 0.6 is 11.3 Å². The fourth-order valence-electron chi connectivity index (χ4n) is 3.33. The van der Waals surface area contributed by atoms with E-state index in [1.807, 2.05) is 29.6 Å². The number of hydrogen-bond donors (Lipinski definition) is 1. The molecule has 4 nitrogen and oxygen atoms in total. The summed E-state index contributed by atoms with van der Waals surface area (Å²) < 4.78 is 5.20. The maximum absolute atomic E-state index is 12.3. The van der Waals surface area contributed by atoms with E-state index in [-0.39, 0.29) is 5.91 Å². The Bertz CT molecular complexity index is 949. The molecule has 2 aromatic carbocycles. The molecular weight excluding hydrogens is 344 g/mol. The van der Waals surface area contributed by atoms with Gasteiger partial charge in [-0.05, 0) is 54.2 Å². The topological polar surface area (TPSA) is 51.2 Å². The van der Waals surface area contributed by atoms with Crippen LogP contribution in [0.15, 0.2) is 47.8 Å². The van der Waals surface area contributed by atoms with Crippen molar-refractivity contribution in [3.63, 3.8) is 0 Å². The van der Waals surface area contributed by atoms with Gasteiger partial charge in [0.2, 0.25) is 5.91 Å². The number of aryl methyl sites for hydroxylation is 2. The molecule has 0 saturated carbocycles. The van der Waals surface area contributed by atoms with Gasteiger partial charge in [-0.15, -0.1) is 11.3 Å². The molecule has 1 aliphatic carbocycles. The Morgan fingerprint density at radius 2 is 2.08 bits per heavy atom. The number of thiazole rings is 1. The van der Waals surface area contributed by atoms with E-state index in [0.29, 0.717) is 11.6 Å². The molecule has 1 heterocycles. The predicted octanol–water partition coefficient (Wildman–Crippen LogP) is 4.49. The Kier molecular flexibility index (Phi) is 4.71. The zero-order valence-corrected chi connectivity index (χ0v) is 15.4. The second kappa shape index (κ2) is 7.30. The van der Waals surface area contributed by atoms with E-state index in [9.17, 15) is 4.79 Å². The van der Waals surface area contributed by atoms with Crippen molar-refractivity contribution in [3.05, 3.63) is 64.5 Å². The summed E-state index contributed by atoms with van der Waals surface area (Å²) >= 11 is 1.46. The monoisotopic (exact) mass is 364 g/mol. The lowest BCUT2D eigenvalue weighted by molar-refractivity contribution is -0.115. The van der Waals surface area contributed by atoms with Gasteiger partial charge in [0.15, 0.2) is 5.13 Å². The van der Waals surface area contributed by atoms with Crippen molar-refractivity contribution in [3.8, 4) is 17.0 Å². The van der Waals surface area contributed by atoms with E-state index in [0.717, 1.165) is 29.0 Å². The average molecular weight is 364 g/mol. The highest BCUT2D eigenvalue weighted by Gasteiger charge is 2.13. The predicted molar refractivity (Wildman–Crippen MR) is 105 cm³/mol. The maximum Gasteiger partial charge on any atom is 0.230 e. The molecule has 1 amide bonds. The summed E-state index contributed by atoms with van der Waals surface area (Å²) in [5.41, 5.74) is 5.84. The molecule has 4 rings (SSSR count). The molecule has 26 heavy (non-hydrogen) atoms. The van der Waals surface area contributed by atoms with E-state index in [2.05, 4.69) is 28.5 Å². The first-order valence-electron chi connectivity index (χ1n) is 8.72. The van der Waals surface area contributed by atoms with Crippen molar-refractivity contribution in [2.24, 2.45) is 0 Å². The van der Waals surface area contributed by atoms with Gasteiger partial charge in [0, 0.05) is 10.9 Å². The average Bonchev–Trinajstić information content (AvgIpc) is 3.30. The number of aromatic nitrogens is 1. The van der Waals surface area contributed by atoms with Crippen LogP contribution in [0.3, 0.4) is 0 Å². The summed E-state index contributed by atoms with van der Waals surface area (Å²) in [4.78, 5) is 16.9. The van der Waals surface area contributed by atoms with Crippen LogP contribution in [0.4, 0.5) is 5.13 Å². The molecule has 0 aliphatic heterocycles. The fraction of sp³-hybridized carbons (Fsp3) is 0.238. The molecule has 0 atom stereocenters.